The van der Waals surface area contributed by atoms with E-state index in [-0.39, 0.29) is 17.1 Å². The first-order chi connectivity index (χ1) is 10.6. The first kappa shape index (κ1) is 15.4. The van der Waals surface area contributed by atoms with Crippen LogP contribution in [0.5, 0.6) is 23.0 Å². The largest absolute Gasteiger partial charge is 0.508 e. The minimum absolute atomic E-state index is 0.0260. The Morgan fingerprint density at radius 3 is 2.55 bits per heavy atom. The molecule has 0 radical (unpaired) electrons. The van der Waals surface area contributed by atoms with Crippen LogP contribution in [-0.2, 0) is 0 Å². The molecular formula is C17H16O5. The molecule has 5 heteroatoms. The molecule has 0 saturated carbocycles. The molecule has 0 aliphatic carbocycles. The number of hydrogen-bond acceptors (Lipinski definition) is 5. The van der Waals surface area contributed by atoms with E-state index in [1.54, 1.807) is 24.3 Å². The average molecular weight is 300 g/mol. The molecule has 2 N–H and O–H groups in total. The lowest BCUT2D eigenvalue weighted by Gasteiger charge is -2.09. The highest BCUT2D eigenvalue weighted by atomic mass is 16.5. The maximum Gasteiger partial charge on any atom is 0.189 e. The molecule has 0 atom stereocenters. The second-order valence-electron chi connectivity index (χ2n) is 4.48. The summed E-state index contributed by atoms with van der Waals surface area (Å²) in [7, 11) is 3.04. The lowest BCUT2D eigenvalue weighted by atomic mass is 10.1. The predicted octanol–water partition coefficient (Wildman–Crippen LogP) is 3.01. The Bertz CT molecular complexity index is 719. The molecule has 0 bridgehead atoms. The SMILES string of the molecule is COc1cccc(/C=C/C(=O)c2cc(O)ccc2O)c1OC. The van der Waals surface area contributed by atoms with Crippen molar-refractivity contribution in [2.75, 3.05) is 14.2 Å². The summed E-state index contributed by atoms with van der Waals surface area (Å²) in [6.45, 7) is 0. The summed E-state index contributed by atoms with van der Waals surface area (Å²) in [6, 6.07) is 9.08. The van der Waals surface area contributed by atoms with E-state index < -0.39 is 5.78 Å². The van der Waals surface area contributed by atoms with Crippen molar-refractivity contribution in [1.29, 1.82) is 0 Å². The molecule has 114 valence electrons. The summed E-state index contributed by atoms with van der Waals surface area (Å²) < 4.78 is 10.5. The molecule has 2 rings (SSSR count). The number of benzene rings is 2. The molecular weight excluding hydrogens is 284 g/mol. The molecule has 5 nitrogen and oxygen atoms in total. The third-order valence-corrected chi connectivity index (χ3v) is 3.09. The van der Waals surface area contributed by atoms with Crippen LogP contribution < -0.4 is 9.47 Å². The van der Waals surface area contributed by atoms with Crippen LogP contribution in [0.15, 0.2) is 42.5 Å². The zero-order valence-corrected chi connectivity index (χ0v) is 12.2. The Morgan fingerprint density at radius 2 is 1.86 bits per heavy atom. The number of ether oxygens (including phenoxy) is 2. The standard InChI is InChI=1S/C17H16O5/c1-21-16-5-3-4-11(17(16)22-2)6-8-14(19)13-10-12(18)7-9-15(13)20/h3-10,18,20H,1-2H3/b8-6+. The molecule has 0 heterocycles. The number of methoxy groups -OCH3 is 2. The Kier molecular flexibility index (Phi) is 4.68. The van der Waals surface area contributed by atoms with E-state index >= 15 is 0 Å². The minimum atomic E-state index is -0.432. The maximum absolute atomic E-state index is 12.1. The summed E-state index contributed by atoms with van der Waals surface area (Å²) in [4.78, 5) is 12.1. The summed E-state index contributed by atoms with van der Waals surface area (Å²) in [5.74, 6) is 0.350. The average Bonchev–Trinajstić information content (AvgIpc) is 2.54. The Morgan fingerprint density at radius 1 is 1.09 bits per heavy atom. The van der Waals surface area contributed by atoms with Crippen molar-refractivity contribution < 1.29 is 24.5 Å². The van der Waals surface area contributed by atoms with E-state index in [9.17, 15) is 15.0 Å². The number of aromatic hydroxyl groups is 2. The highest BCUT2D eigenvalue weighted by Gasteiger charge is 2.11. The number of carbonyl (C=O) groups is 1. The van der Waals surface area contributed by atoms with E-state index in [0.29, 0.717) is 17.1 Å². The van der Waals surface area contributed by atoms with Crippen LogP contribution in [-0.4, -0.2) is 30.2 Å². The van der Waals surface area contributed by atoms with Crippen LogP contribution >= 0.6 is 0 Å². The van der Waals surface area contributed by atoms with Gasteiger partial charge in [0.25, 0.3) is 0 Å². The quantitative estimate of drug-likeness (QED) is 0.504. The van der Waals surface area contributed by atoms with Gasteiger partial charge in [-0.05, 0) is 36.4 Å². The zero-order valence-electron chi connectivity index (χ0n) is 12.2. The molecule has 0 aliphatic heterocycles. The first-order valence-electron chi connectivity index (χ1n) is 6.52. The van der Waals surface area contributed by atoms with Crippen molar-refractivity contribution in [3.05, 3.63) is 53.6 Å². The van der Waals surface area contributed by atoms with Gasteiger partial charge in [-0.3, -0.25) is 4.79 Å². The lowest BCUT2D eigenvalue weighted by Crippen LogP contribution is -1.96. The maximum atomic E-state index is 12.1. The summed E-state index contributed by atoms with van der Waals surface area (Å²) >= 11 is 0. The molecule has 0 aromatic heterocycles. The third kappa shape index (κ3) is 3.20. The molecule has 0 unspecified atom stereocenters. The molecule has 0 fully saturated rings. The number of rotatable bonds is 5. The van der Waals surface area contributed by atoms with Crippen LogP contribution in [0.1, 0.15) is 15.9 Å². The van der Waals surface area contributed by atoms with E-state index in [1.807, 2.05) is 0 Å². The zero-order chi connectivity index (χ0) is 16.1. The van der Waals surface area contributed by atoms with Gasteiger partial charge in [0.2, 0.25) is 0 Å². The van der Waals surface area contributed by atoms with Gasteiger partial charge < -0.3 is 19.7 Å². The van der Waals surface area contributed by atoms with E-state index in [0.717, 1.165) is 0 Å². The van der Waals surface area contributed by atoms with Gasteiger partial charge in [-0.2, -0.15) is 0 Å². The molecule has 22 heavy (non-hydrogen) atoms. The number of hydrogen-bond donors (Lipinski definition) is 2. The van der Waals surface area contributed by atoms with Gasteiger partial charge in [-0.25, -0.2) is 0 Å². The lowest BCUT2D eigenvalue weighted by molar-refractivity contribution is 0.104. The van der Waals surface area contributed by atoms with Crippen molar-refractivity contribution >= 4 is 11.9 Å². The van der Waals surface area contributed by atoms with Crippen molar-refractivity contribution in [2.45, 2.75) is 0 Å². The summed E-state index contributed by atoms with van der Waals surface area (Å²) in [5.41, 5.74) is 0.688. The molecule has 2 aromatic rings. The molecule has 0 amide bonds. The Balaban J connectivity index is 2.32. The molecule has 0 spiro atoms. The number of para-hydroxylation sites is 1. The topological polar surface area (TPSA) is 76.0 Å². The van der Waals surface area contributed by atoms with Crippen LogP contribution in [0.25, 0.3) is 6.08 Å². The van der Waals surface area contributed by atoms with Gasteiger partial charge in [-0.15, -0.1) is 0 Å². The fourth-order valence-corrected chi connectivity index (χ4v) is 2.02. The second-order valence-corrected chi connectivity index (χ2v) is 4.48. The minimum Gasteiger partial charge on any atom is -0.508 e. The van der Waals surface area contributed by atoms with Gasteiger partial charge in [0.15, 0.2) is 17.3 Å². The fourth-order valence-electron chi connectivity index (χ4n) is 2.02. The normalized spacial score (nSPS) is 10.6. The number of phenolic OH excluding ortho intramolecular Hbond substituents is 2. The van der Waals surface area contributed by atoms with Gasteiger partial charge >= 0.3 is 0 Å². The Labute approximate surface area is 128 Å². The molecule has 0 saturated heterocycles. The van der Waals surface area contributed by atoms with Crippen molar-refractivity contribution in [1.82, 2.24) is 0 Å². The van der Waals surface area contributed by atoms with Gasteiger partial charge in [0.05, 0.1) is 19.8 Å². The number of phenols is 2. The first-order valence-corrected chi connectivity index (χ1v) is 6.52. The molecule has 2 aromatic carbocycles. The summed E-state index contributed by atoms with van der Waals surface area (Å²) in [5, 5.41) is 19.1. The Hall–Kier alpha value is -2.95. The van der Waals surface area contributed by atoms with E-state index in [2.05, 4.69) is 0 Å². The van der Waals surface area contributed by atoms with Crippen LogP contribution in [0, 0.1) is 0 Å². The van der Waals surface area contributed by atoms with Crippen LogP contribution in [0.2, 0.25) is 0 Å². The van der Waals surface area contributed by atoms with E-state index in [4.69, 9.17) is 9.47 Å². The fraction of sp³-hybridized carbons (Fsp3) is 0.118. The smallest absolute Gasteiger partial charge is 0.189 e. The van der Waals surface area contributed by atoms with Gasteiger partial charge in [0.1, 0.15) is 11.5 Å². The highest BCUT2D eigenvalue weighted by molar-refractivity contribution is 6.09. The van der Waals surface area contributed by atoms with Crippen LogP contribution in [0.4, 0.5) is 0 Å². The van der Waals surface area contributed by atoms with Gasteiger partial charge in [0, 0.05) is 5.56 Å². The predicted molar refractivity (Wildman–Crippen MR) is 82.7 cm³/mol. The summed E-state index contributed by atoms with van der Waals surface area (Å²) in [6.07, 6.45) is 2.86. The second kappa shape index (κ2) is 6.67. The van der Waals surface area contributed by atoms with Gasteiger partial charge in [-0.1, -0.05) is 12.1 Å². The molecule has 0 aliphatic rings. The third-order valence-electron chi connectivity index (χ3n) is 3.09. The van der Waals surface area contributed by atoms with Crippen LogP contribution in [0.3, 0.4) is 0 Å². The highest BCUT2D eigenvalue weighted by Crippen LogP contribution is 2.31. The number of carbonyl (C=O) groups excluding carboxylic acids is 1. The number of ketones is 1. The van der Waals surface area contributed by atoms with Crippen molar-refractivity contribution in [3.63, 3.8) is 0 Å². The number of allylic oxidation sites excluding steroid dienone is 1. The van der Waals surface area contributed by atoms with Crippen molar-refractivity contribution in [2.24, 2.45) is 0 Å². The van der Waals surface area contributed by atoms with E-state index in [1.165, 1.54) is 38.5 Å². The van der Waals surface area contributed by atoms with Crippen molar-refractivity contribution in [3.8, 4) is 23.0 Å². The monoisotopic (exact) mass is 300 g/mol.